The van der Waals surface area contributed by atoms with Gasteiger partial charge in [-0.05, 0) is 12.8 Å². The zero-order valence-electron chi connectivity index (χ0n) is 8.49. The molecule has 84 valence electrons. The zero-order valence-corrected chi connectivity index (χ0v) is 8.49. The summed E-state index contributed by atoms with van der Waals surface area (Å²) in [6.07, 6.45) is 2.30. The van der Waals surface area contributed by atoms with Gasteiger partial charge in [-0.3, -0.25) is 5.84 Å². The van der Waals surface area contributed by atoms with Crippen molar-refractivity contribution in [3.63, 3.8) is 0 Å². The lowest BCUT2D eigenvalue weighted by Crippen LogP contribution is -2.42. The van der Waals surface area contributed by atoms with Crippen LogP contribution in [0.1, 0.15) is 26.7 Å². The minimum absolute atomic E-state index is 1.02. The molecule has 0 radical (unpaired) electrons. The second-order valence-electron chi connectivity index (χ2n) is 2.61. The lowest BCUT2D eigenvalue weighted by atomic mass is 10.4. The molecule has 0 aliphatic heterocycles. The molecule has 0 unspecified atom stereocenters. The Balaban J connectivity index is 0. The second-order valence-corrected chi connectivity index (χ2v) is 2.61. The van der Waals surface area contributed by atoms with Crippen molar-refractivity contribution >= 4 is 11.9 Å². The molecule has 0 amide bonds. The van der Waals surface area contributed by atoms with Gasteiger partial charge in [0.1, 0.15) is 0 Å². The number of carbonyl (C=O) groups is 2. The van der Waals surface area contributed by atoms with Gasteiger partial charge in [-0.2, -0.15) is 0 Å². The number of rotatable bonds is 4. The molecule has 14 heavy (non-hydrogen) atoms. The highest BCUT2D eigenvalue weighted by atomic mass is 16.4. The molecule has 6 nitrogen and oxygen atoms in total. The molecular weight excluding hydrogens is 188 g/mol. The van der Waals surface area contributed by atoms with Gasteiger partial charge in [-0.15, -0.1) is 0 Å². The van der Waals surface area contributed by atoms with Crippen molar-refractivity contribution < 1.29 is 19.8 Å². The van der Waals surface area contributed by atoms with Gasteiger partial charge in [0, 0.05) is 13.1 Å². The van der Waals surface area contributed by atoms with Crippen LogP contribution in [-0.4, -0.2) is 30.0 Å². The van der Waals surface area contributed by atoms with Crippen LogP contribution in [0.3, 0.4) is 0 Å². The number of hydrazine groups is 1. The van der Waals surface area contributed by atoms with E-state index in [-0.39, 0.29) is 0 Å². The molecule has 0 aromatic rings. The van der Waals surface area contributed by atoms with Crippen molar-refractivity contribution in [3.05, 3.63) is 0 Å². The number of nitrogens with zero attached hydrogens (tertiary/aromatic N) is 1. The first kappa shape index (κ1) is 15.3. The van der Waals surface area contributed by atoms with Gasteiger partial charge in [0.25, 0.3) is 0 Å². The number of carbonyl (C=O) groups excluding carboxylic acids is 2. The Morgan fingerprint density at radius 3 is 1.50 bits per heavy atom. The van der Waals surface area contributed by atoms with Crippen molar-refractivity contribution in [2.24, 2.45) is 5.84 Å². The van der Waals surface area contributed by atoms with Gasteiger partial charge in [0.2, 0.25) is 0 Å². The van der Waals surface area contributed by atoms with E-state index in [0.717, 1.165) is 25.9 Å². The molecular formula is C8H16N2O4-2. The molecule has 0 aliphatic rings. The molecule has 0 aromatic heterocycles. The first-order valence-electron chi connectivity index (χ1n) is 4.37. The van der Waals surface area contributed by atoms with Crippen LogP contribution in [0.15, 0.2) is 0 Å². The number of nitrogens with two attached hydrogens (primary N) is 1. The smallest absolute Gasteiger partial charge is 0.0870 e. The quantitative estimate of drug-likeness (QED) is 0.307. The van der Waals surface area contributed by atoms with Crippen LogP contribution < -0.4 is 16.1 Å². The van der Waals surface area contributed by atoms with Crippen LogP contribution in [0.5, 0.6) is 0 Å². The molecule has 0 atom stereocenters. The van der Waals surface area contributed by atoms with Gasteiger partial charge >= 0.3 is 0 Å². The number of aliphatic carboxylic acids is 2. The van der Waals surface area contributed by atoms with E-state index >= 15 is 0 Å². The number of hydrogen-bond donors (Lipinski definition) is 1. The normalized spacial score (nSPS) is 9.14. The Bertz CT molecular complexity index is 155. The summed E-state index contributed by atoms with van der Waals surface area (Å²) >= 11 is 0. The first-order valence-corrected chi connectivity index (χ1v) is 4.37. The minimum atomic E-state index is -2.19. The maximum absolute atomic E-state index is 8.93. The SMILES string of the molecule is CCCN(N)CCC.O=C([O-])C(=O)[O-]. The topological polar surface area (TPSA) is 110 Å². The summed E-state index contributed by atoms with van der Waals surface area (Å²) in [5, 5.41) is 19.7. The highest BCUT2D eigenvalue weighted by Gasteiger charge is 1.90. The Morgan fingerprint density at radius 2 is 1.36 bits per heavy atom. The minimum Gasteiger partial charge on any atom is -0.543 e. The molecule has 0 rings (SSSR count). The van der Waals surface area contributed by atoms with Gasteiger partial charge in [0.05, 0.1) is 11.9 Å². The molecule has 0 heterocycles. The summed E-state index contributed by atoms with van der Waals surface area (Å²) < 4.78 is 0. The van der Waals surface area contributed by atoms with E-state index < -0.39 is 11.9 Å². The van der Waals surface area contributed by atoms with Crippen LogP contribution in [-0.2, 0) is 9.59 Å². The van der Waals surface area contributed by atoms with E-state index in [1.165, 1.54) is 0 Å². The highest BCUT2D eigenvalue weighted by molar-refractivity contribution is 6.25. The highest BCUT2D eigenvalue weighted by Crippen LogP contribution is 1.83. The summed E-state index contributed by atoms with van der Waals surface area (Å²) in [5.41, 5.74) is 0. The fraction of sp³-hybridized carbons (Fsp3) is 0.750. The summed E-state index contributed by atoms with van der Waals surface area (Å²) in [6, 6.07) is 0. The average Bonchev–Trinajstić information content (AvgIpc) is 2.06. The third kappa shape index (κ3) is 13.4. The van der Waals surface area contributed by atoms with Gasteiger partial charge in [-0.25, -0.2) is 5.01 Å². The molecule has 0 saturated carbocycles. The molecule has 0 saturated heterocycles. The Labute approximate surface area is 83.3 Å². The van der Waals surface area contributed by atoms with E-state index in [1.54, 1.807) is 0 Å². The number of carboxylic acids is 2. The molecule has 0 spiro atoms. The fourth-order valence-electron chi connectivity index (χ4n) is 0.686. The molecule has 6 heteroatoms. The van der Waals surface area contributed by atoms with E-state index in [4.69, 9.17) is 25.6 Å². The van der Waals surface area contributed by atoms with Crippen molar-refractivity contribution in [2.75, 3.05) is 13.1 Å². The number of carboxylic acid groups (broad SMARTS) is 2. The van der Waals surface area contributed by atoms with E-state index in [1.807, 2.05) is 5.01 Å². The fourth-order valence-corrected chi connectivity index (χ4v) is 0.686. The Kier molecular flexibility index (Phi) is 10.9. The summed E-state index contributed by atoms with van der Waals surface area (Å²) in [6.45, 7) is 6.31. The maximum atomic E-state index is 8.93. The van der Waals surface area contributed by atoms with Crippen LogP contribution in [0, 0.1) is 0 Å². The summed E-state index contributed by atoms with van der Waals surface area (Å²) in [5.74, 6) is 1.16. The zero-order chi connectivity index (χ0) is 11.6. The molecule has 0 aliphatic carbocycles. The maximum Gasteiger partial charge on any atom is 0.0870 e. The van der Waals surface area contributed by atoms with E-state index in [2.05, 4.69) is 13.8 Å². The van der Waals surface area contributed by atoms with Crippen molar-refractivity contribution in [3.8, 4) is 0 Å². The Morgan fingerprint density at radius 1 is 1.07 bits per heavy atom. The van der Waals surface area contributed by atoms with Crippen molar-refractivity contribution in [1.29, 1.82) is 0 Å². The van der Waals surface area contributed by atoms with Crippen molar-refractivity contribution in [2.45, 2.75) is 26.7 Å². The molecule has 0 bridgehead atoms. The van der Waals surface area contributed by atoms with Crippen LogP contribution >= 0.6 is 0 Å². The average molecular weight is 204 g/mol. The predicted molar refractivity (Wildman–Crippen MR) is 46.4 cm³/mol. The van der Waals surface area contributed by atoms with Crippen LogP contribution in [0.25, 0.3) is 0 Å². The Hall–Kier alpha value is -1.14. The van der Waals surface area contributed by atoms with E-state index in [0.29, 0.717) is 0 Å². The standard InChI is InChI=1S/C6H16N2.C2H2O4/c1-3-5-8(7)6-4-2;3-1(4)2(5)6/h3-7H2,1-2H3;(H,3,4)(H,5,6)/p-2. The van der Waals surface area contributed by atoms with Crippen LogP contribution in [0.2, 0.25) is 0 Å². The second kappa shape index (κ2) is 9.94. The van der Waals surface area contributed by atoms with Gasteiger partial charge < -0.3 is 19.8 Å². The van der Waals surface area contributed by atoms with Crippen molar-refractivity contribution in [1.82, 2.24) is 5.01 Å². The summed E-state index contributed by atoms with van der Waals surface area (Å²) in [7, 11) is 0. The van der Waals surface area contributed by atoms with Crippen LogP contribution in [0.4, 0.5) is 0 Å². The predicted octanol–water partition coefficient (Wildman–Crippen LogP) is -2.53. The van der Waals surface area contributed by atoms with Gasteiger partial charge in [0.15, 0.2) is 0 Å². The lowest BCUT2D eigenvalue weighted by molar-refractivity contribution is -0.345. The third-order valence-electron chi connectivity index (χ3n) is 1.19. The number of hydrogen-bond acceptors (Lipinski definition) is 6. The molecule has 2 N–H and O–H groups in total. The first-order chi connectivity index (χ1) is 6.45. The monoisotopic (exact) mass is 204 g/mol. The van der Waals surface area contributed by atoms with E-state index in [9.17, 15) is 0 Å². The third-order valence-corrected chi connectivity index (χ3v) is 1.19. The molecule has 0 aromatic carbocycles. The lowest BCUT2D eigenvalue weighted by Gasteiger charge is -2.12. The van der Waals surface area contributed by atoms with Gasteiger partial charge in [-0.1, -0.05) is 13.8 Å². The largest absolute Gasteiger partial charge is 0.543 e. The molecule has 0 fully saturated rings. The summed E-state index contributed by atoms with van der Waals surface area (Å²) in [4.78, 5) is 17.9.